The fourth-order valence-electron chi connectivity index (χ4n) is 3.31. The highest BCUT2D eigenvalue weighted by Gasteiger charge is 2.30. The number of ether oxygens (including phenoxy) is 1. The minimum absolute atomic E-state index is 0.0119. The highest BCUT2D eigenvalue weighted by atomic mass is 32.2. The molecule has 1 aliphatic rings. The van der Waals surface area contributed by atoms with Crippen molar-refractivity contribution in [3.63, 3.8) is 0 Å². The van der Waals surface area contributed by atoms with Crippen LogP contribution in [0.1, 0.15) is 50.1 Å². The molecule has 0 bridgehead atoms. The van der Waals surface area contributed by atoms with Crippen molar-refractivity contribution in [2.45, 2.75) is 63.1 Å². The van der Waals surface area contributed by atoms with Gasteiger partial charge in [0, 0.05) is 6.04 Å². The molecule has 11 heteroatoms. The molecule has 1 saturated heterocycles. The largest absolute Gasteiger partial charge is 0.485 e. The number of amides is 1. The topological polar surface area (TPSA) is 129 Å². The van der Waals surface area contributed by atoms with Gasteiger partial charge in [0.05, 0.1) is 16.8 Å². The van der Waals surface area contributed by atoms with Crippen LogP contribution in [0.4, 0.5) is 0 Å². The van der Waals surface area contributed by atoms with Crippen molar-refractivity contribution in [3.05, 3.63) is 35.2 Å². The highest BCUT2D eigenvalue weighted by molar-refractivity contribution is 8.00. The average molecular weight is 468 g/mol. The number of hydrogen-bond donors (Lipinski definition) is 2. The van der Waals surface area contributed by atoms with Crippen molar-refractivity contribution in [1.82, 2.24) is 20.2 Å². The summed E-state index contributed by atoms with van der Waals surface area (Å²) in [6.45, 7) is 8.07. The number of nitrogens with two attached hydrogens (primary N) is 1. The molecule has 2 heterocycles. The van der Waals surface area contributed by atoms with Crippen LogP contribution in [0.5, 0.6) is 5.75 Å². The fourth-order valence-corrected chi connectivity index (χ4v) is 5.78. The molecule has 0 aliphatic carbocycles. The predicted molar refractivity (Wildman–Crippen MR) is 120 cm³/mol. The van der Waals surface area contributed by atoms with Crippen molar-refractivity contribution in [1.29, 1.82) is 0 Å². The Morgan fingerprint density at radius 1 is 1.35 bits per heavy atom. The Hall–Kier alpha value is -2.27. The molecule has 3 rings (SSSR count). The summed E-state index contributed by atoms with van der Waals surface area (Å²) in [5, 5.41) is 10.8. The minimum atomic E-state index is -3.05. The van der Waals surface area contributed by atoms with E-state index in [1.165, 1.54) is 4.68 Å². The van der Waals surface area contributed by atoms with Gasteiger partial charge >= 0.3 is 0 Å². The van der Waals surface area contributed by atoms with Crippen molar-refractivity contribution in [2.75, 3.05) is 17.3 Å². The van der Waals surface area contributed by atoms with Gasteiger partial charge in [-0.15, -0.1) is 10.2 Å². The molecule has 1 aromatic heterocycles. The van der Waals surface area contributed by atoms with Crippen LogP contribution in [0.15, 0.2) is 23.4 Å². The summed E-state index contributed by atoms with van der Waals surface area (Å²) in [6, 6.07) is 5.75. The zero-order valence-electron chi connectivity index (χ0n) is 18.2. The van der Waals surface area contributed by atoms with Crippen LogP contribution in [0.3, 0.4) is 0 Å². The Kier molecular flexibility index (Phi) is 7.15. The van der Waals surface area contributed by atoms with Crippen LogP contribution < -0.4 is 15.9 Å². The van der Waals surface area contributed by atoms with Gasteiger partial charge in [0.1, 0.15) is 12.4 Å². The lowest BCUT2D eigenvalue weighted by Crippen LogP contribution is -2.40. The molecule has 1 aromatic carbocycles. The quantitative estimate of drug-likeness (QED) is 0.444. The summed E-state index contributed by atoms with van der Waals surface area (Å²) in [5.74, 6) is 7.50. The molecule has 1 aliphatic heterocycles. The second-order valence-corrected chi connectivity index (χ2v) is 11.7. The third-order valence-corrected chi connectivity index (χ3v) is 7.94. The number of thioether (sulfide) groups is 1. The van der Waals surface area contributed by atoms with E-state index in [-0.39, 0.29) is 30.1 Å². The Balaban J connectivity index is 1.60. The maximum absolute atomic E-state index is 12.4. The zero-order chi connectivity index (χ0) is 22.8. The first kappa shape index (κ1) is 23.4. The number of aryl methyl sites for hydroxylation is 1. The van der Waals surface area contributed by atoms with E-state index >= 15 is 0 Å². The predicted octanol–water partition coefficient (Wildman–Crippen LogP) is 1.79. The van der Waals surface area contributed by atoms with E-state index in [1.807, 2.05) is 13.0 Å². The molecular weight excluding hydrogens is 438 g/mol. The lowest BCUT2D eigenvalue weighted by molar-refractivity contribution is -0.120. The summed E-state index contributed by atoms with van der Waals surface area (Å²) >= 11 is 1.16. The second kappa shape index (κ2) is 9.47. The van der Waals surface area contributed by atoms with Gasteiger partial charge in [-0.1, -0.05) is 37.7 Å². The fraction of sp³-hybridized carbons (Fsp3) is 0.550. The lowest BCUT2D eigenvalue weighted by atomic mass is 10.0. The van der Waals surface area contributed by atoms with Crippen molar-refractivity contribution in [2.24, 2.45) is 0 Å². The third-order valence-electron chi connectivity index (χ3n) is 5.11. The van der Waals surface area contributed by atoms with E-state index in [4.69, 9.17) is 10.6 Å². The molecule has 2 aromatic rings. The van der Waals surface area contributed by atoms with Crippen LogP contribution in [-0.2, 0) is 21.2 Å². The summed E-state index contributed by atoms with van der Waals surface area (Å²) in [5.41, 5.74) is 2.20. The van der Waals surface area contributed by atoms with E-state index in [2.05, 4.69) is 41.5 Å². The van der Waals surface area contributed by atoms with E-state index in [1.54, 1.807) is 6.92 Å². The molecule has 0 radical (unpaired) electrons. The van der Waals surface area contributed by atoms with Crippen LogP contribution >= 0.6 is 11.8 Å². The highest BCUT2D eigenvalue weighted by Crippen LogP contribution is 2.28. The summed E-state index contributed by atoms with van der Waals surface area (Å²) in [7, 11) is -3.05. The van der Waals surface area contributed by atoms with Crippen molar-refractivity contribution in [3.8, 4) is 5.75 Å². The Morgan fingerprint density at radius 3 is 2.74 bits per heavy atom. The summed E-state index contributed by atoms with van der Waals surface area (Å²) in [4.78, 5) is 12.4. The van der Waals surface area contributed by atoms with E-state index < -0.39 is 15.1 Å². The Bertz CT molecular complexity index is 1050. The normalized spacial score (nSPS) is 18.8. The van der Waals surface area contributed by atoms with Gasteiger partial charge in [0.15, 0.2) is 15.7 Å². The molecule has 1 fully saturated rings. The number of nitrogen functional groups attached to an aromatic ring is 1. The molecule has 31 heavy (non-hydrogen) atoms. The van der Waals surface area contributed by atoms with Gasteiger partial charge in [0.25, 0.3) is 0 Å². The number of hydrogen-bond acceptors (Lipinski definition) is 8. The van der Waals surface area contributed by atoms with Crippen LogP contribution in [-0.4, -0.2) is 52.0 Å². The number of carbonyl (C=O) groups excluding carboxylic acids is 1. The number of nitrogens with zero attached hydrogens (tertiary/aromatic N) is 3. The van der Waals surface area contributed by atoms with Crippen LogP contribution in [0, 0.1) is 6.92 Å². The molecule has 170 valence electrons. The third kappa shape index (κ3) is 5.91. The van der Waals surface area contributed by atoms with Gasteiger partial charge in [0.2, 0.25) is 11.1 Å². The van der Waals surface area contributed by atoms with Gasteiger partial charge in [-0.05, 0) is 43.4 Å². The summed E-state index contributed by atoms with van der Waals surface area (Å²) in [6.07, 6.45) is 0.442. The molecule has 0 saturated carbocycles. The Labute approximate surface area is 187 Å². The van der Waals surface area contributed by atoms with Gasteiger partial charge < -0.3 is 15.9 Å². The number of aromatic nitrogens is 3. The van der Waals surface area contributed by atoms with E-state index in [0.717, 1.165) is 28.6 Å². The zero-order valence-corrected chi connectivity index (χ0v) is 19.8. The number of rotatable bonds is 8. The van der Waals surface area contributed by atoms with E-state index in [0.29, 0.717) is 23.3 Å². The number of benzene rings is 1. The molecule has 9 nitrogen and oxygen atoms in total. The van der Waals surface area contributed by atoms with E-state index in [9.17, 15) is 13.2 Å². The summed E-state index contributed by atoms with van der Waals surface area (Å²) < 4.78 is 30.4. The standard InChI is InChI=1S/C20H29N5O4S2/c1-12(2)16-6-5-13(3)9-17(16)29-10-18-23-24-20(25(18)21)30-14(4)19(26)22-15-7-8-31(27,28)11-15/h5-6,9,12,14-15H,7-8,10-11,21H2,1-4H3,(H,22,26). The van der Waals surface area contributed by atoms with Crippen molar-refractivity contribution < 1.29 is 17.9 Å². The smallest absolute Gasteiger partial charge is 0.233 e. The maximum atomic E-state index is 12.4. The van der Waals surface area contributed by atoms with Gasteiger partial charge in [-0.3, -0.25) is 4.79 Å². The molecule has 2 unspecified atom stereocenters. The molecule has 0 spiro atoms. The maximum Gasteiger partial charge on any atom is 0.233 e. The van der Waals surface area contributed by atoms with Gasteiger partial charge in [-0.25, -0.2) is 13.1 Å². The number of nitrogens with one attached hydrogen (secondary N) is 1. The van der Waals surface area contributed by atoms with Crippen LogP contribution in [0.25, 0.3) is 0 Å². The molecule has 2 atom stereocenters. The molecule has 1 amide bonds. The number of sulfone groups is 1. The first-order valence-corrected chi connectivity index (χ1v) is 12.9. The second-order valence-electron chi connectivity index (χ2n) is 8.12. The van der Waals surface area contributed by atoms with Crippen LogP contribution in [0.2, 0.25) is 0 Å². The molecule has 3 N–H and O–H groups in total. The first-order chi connectivity index (χ1) is 14.6. The Morgan fingerprint density at radius 2 is 2.10 bits per heavy atom. The van der Waals surface area contributed by atoms with Gasteiger partial charge in [-0.2, -0.15) is 0 Å². The average Bonchev–Trinajstić information content (AvgIpc) is 3.21. The number of carbonyl (C=O) groups is 1. The molecular formula is C20H29N5O4S2. The SMILES string of the molecule is Cc1ccc(C(C)C)c(OCc2nnc(SC(C)C(=O)NC3CCS(=O)(=O)C3)n2N)c1. The first-order valence-electron chi connectivity index (χ1n) is 10.2. The lowest BCUT2D eigenvalue weighted by Gasteiger charge is -2.15. The minimum Gasteiger partial charge on any atom is -0.485 e. The monoisotopic (exact) mass is 467 g/mol. The van der Waals surface area contributed by atoms with Crippen molar-refractivity contribution >= 4 is 27.5 Å².